The topological polar surface area (TPSA) is 65.0 Å². The van der Waals surface area contributed by atoms with E-state index in [-0.39, 0.29) is 12.5 Å². The summed E-state index contributed by atoms with van der Waals surface area (Å²) in [6.45, 7) is 6.61. The molecule has 0 amide bonds. The second-order valence-electron chi connectivity index (χ2n) is 3.64. The van der Waals surface area contributed by atoms with Gasteiger partial charge in [0.25, 0.3) is 0 Å². The van der Waals surface area contributed by atoms with Crippen LogP contribution < -0.4 is 0 Å². The van der Waals surface area contributed by atoms with Gasteiger partial charge in [0.15, 0.2) is 0 Å². The molecule has 0 rings (SSSR count). The predicted molar refractivity (Wildman–Crippen MR) is 59.6 cm³/mol. The van der Waals surface area contributed by atoms with Crippen molar-refractivity contribution >= 4 is 5.97 Å². The van der Waals surface area contributed by atoms with Gasteiger partial charge in [0.05, 0.1) is 32.5 Å². The van der Waals surface area contributed by atoms with Crippen molar-refractivity contribution in [2.45, 2.75) is 32.8 Å². The molecule has 0 aromatic rings. The van der Waals surface area contributed by atoms with Gasteiger partial charge in [-0.05, 0) is 20.3 Å². The van der Waals surface area contributed by atoms with E-state index in [1.165, 1.54) is 0 Å². The molecule has 0 unspecified atom stereocenters. The normalized spacial score (nSPS) is 10.9. The third kappa shape index (κ3) is 13.4. The quantitative estimate of drug-likeness (QED) is 0.546. The van der Waals surface area contributed by atoms with Crippen molar-refractivity contribution in [1.29, 1.82) is 0 Å². The van der Waals surface area contributed by atoms with Crippen molar-refractivity contribution in [3.05, 3.63) is 0 Å². The van der Waals surface area contributed by atoms with Crippen LogP contribution >= 0.6 is 0 Å². The van der Waals surface area contributed by atoms with E-state index in [2.05, 4.69) is 0 Å². The molecule has 16 heavy (non-hydrogen) atoms. The zero-order chi connectivity index (χ0) is 12.2. The SMILES string of the molecule is CC(C)OCCOCCOCCCC(=O)O. The average molecular weight is 234 g/mol. The maximum Gasteiger partial charge on any atom is 0.303 e. The molecule has 0 bridgehead atoms. The molecule has 96 valence electrons. The standard InChI is InChI=1S/C11H22O5/c1-10(2)16-9-8-15-7-6-14-5-3-4-11(12)13/h10H,3-9H2,1-2H3,(H,12,13). The second kappa shape index (κ2) is 10.9. The number of ether oxygens (including phenoxy) is 3. The van der Waals surface area contributed by atoms with E-state index in [0.717, 1.165) is 0 Å². The monoisotopic (exact) mass is 234 g/mol. The molecule has 0 atom stereocenters. The van der Waals surface area contributed by atoms with Crippen LogP contribution in [0.3, 0.4) is 0 Å². The zero-order valence-electron chi connectivity index (χ0n) is 10.1. The first-order valence-corrected chi connectivity index (χ1v) is 5.62. The molecule has 0 fully saturated rings. The van der Waals surface area contributed by atoms with Gasteiger partial charge >= 0.3 is 5.97 Å². The van der Waals surface area contributed by atoms with Crippen LogP contribution in [0.15, 0.2) is 0 Å². The van der Waals surface area contributed by atoms with Crippen LogP contribution in [0.25, 0.3) is 0 Å². The van der Waals surface area contributed by atoms with Crippen molar-refractivity contribution in [2.24, 2.45) is 0 Å². The molecule has 5 heteroatoms. The lowest BCUT2D eigenvalue weighted by molar-refractivity contribution is -0.137. The van der Waals surface area contributed by atoms with Crippen molar-refractivity contribution in [1.82, 2.24) is 0 Å². The summed E-state index contributed by atoms with van der Waals surface area (Å²) in [7, 11) is 0. The summed E-state index contributed by atoms with van der Waals surface area (Å²) in [5, 5.41) is 8.36. The van der Waals surface area contributed by atoms with Crippen LogP contribution in [0, 0.1) is 0 Å². The highest BCUT2D eigenvalue weighted by atomic mass is 16.5. The van der Waals surface area contributed by atoms with Crippen LogP contribution in [0.4, 0.5) is 0 Å². The minimum atomic E-state index is -0.786. The smallest absolute Gasteiger partial charge is 0.303 e. The summed E-state index contributed by atoms with van der Waals surface area (Å²) < 4.78 is 15.7. The molecule has 0 aromatic carbocycles. The molecular weight excluding hydrogens is 212 g/mol. The van der Waals surface area contributed by atoms with Crippen LogP contribution in [0.1, 0.15) is 26.7 Å². The van der Waals surface area contributed by atoms with E-state index in [0.29, 0.717) is 39.5 Å². The van der Waals surface area contributed by atoms with Gasteiger partial charge < -0.3 is 19.3 Å². The molecule has 0 aliphatic heterocycles. The van der Waals surface area contributed by atoms with E-state index in [1.807, 2.05) is 13.8 Å². The Balaban J connectivity index is 2.96. The fraction of sp³-hybridized carbons (Fsp3) is 0.909. The molecule has 0 aromatic heterocycles. The highest BCUT2D eigenvalue weighted by molar-refractivity contribution is 5.66. The Labute approximate surface area is 96.7 Å². The van der Waals surface area contributed by atoms with E-state index in [4.69, 9.17) is 19.3 Å². The summed E-state index contributed by atoms with van der Waals surface area (Å²) in [5.74, 6) is -0.786. The lowest BCUT2D eigenvalue weighted by atomic mass is 10.3. The minimum Gasteiger partial charge on any atom is -0.481 e. The Hall–Kier alpha value is -0.650. The fourth-order valence-corrected chi connectivity index (χ4v) is 0.990. The van der Waals surface area contributed by atoms with Gasteiger partial charge in [-0.3, -0.25) is 4.79 Å². The highest BCUT2D eigenvalue weighted by Gasteiger charge is 1.96. The zero-order valence-corrected chi connectivity index (χ0v) is 10.1. The van der Waals surface area contributed by atoms with Crippen LogP contribution in [0.5, 0.6) is 0 Å². The fourth-order valence-electron chi connectivity index (χ4n) is 0.990. The summed E-state index contributed by atoms with van der Waals surface area (Å²) in [6.07, 6.45) is 0.936. The maximum atomic E-state index is 10.2. The van der Waals surface area contributed by atoms with E-state index < -0.39 is 5.97 Å². The second-order valence-corrected chi connectivity index (χ2v) is 3.64. The van der Waals surface area contributed by atoms with Crippen LogP contribution in [-0.4, -0.2) is 50.2 Å². The largest absolute Gasteiger partial charge is 0.481 e. The molecule has 0 saturated heterocycles. The number of carboxylic acids is 1. The lowest BCUT2D eigenvalue weighted by Crippen LogP contribution is -2.12. The third-order valence-corrected chi connectivity index (χ3v) is 1.73. The van der Waals surface area contributed by atoms with Gasteiger partial charge in [-0.2, -0.15) is 0 Å². The third-order valence-electron chi connectivity index (χ3n) is 1.73. The first-order valence-electron chi connectivity index (χ1n) is 5.62. The molecule has 0 spiro atoms. The molecule has 0 radical (unpaired) electrons. The Morgan fingerprint density at radius 2 is 1.62 bits per heavy atom. The highest BCUT2D eigenvalue weighted by Crippen LogP contribution is 1.90. The van der Waals surface area contributed by atoms with Crippen LogP contribution in [-0.2, 0) is 19.0 Å². The molecule has 1 N–H and O–H groups in total. The number of carboxylic acid groups (broad SMARTS) is 1. The Kier molecular flexibility index (Phi) is 10.4. The molecule has 0 saturated carbocycles. The van der Waals surface area contributed by atoms with Gasteiger partial charge in [-0.1, -0.05) is 0 Å². The van der Waals surface area contributed by atoms with Gasteiger partial charge in [0.1, 0.15) is 0 Å². The first-order chi connectivity index (χ1) is 7.63. The Bertz CT molecular complexity index is 170. The van der Waals surface area contributed by atoms with E-state index in [1.54, 1.807) is 0 Å². The molecule has 0 aliphatic rings. The number of carbonyl (C=O) groups is 1. The number of aliphatic carboxylic acids is 1. The van der Waals surface area contributed by atoms with Crippen LogP contribution in [0.2, 0.25) is 0 Å². The maximum absolute atomic E-state index is 10.2. The summed E-state index contributed by atoms with van der Waals surface area (Å²) >= 11 is 0. The lowest BCUT2D eigenvalue weighted by Gasteiger charge is -2.08. The van der Waals surface area contributed by atoms with Gasteiger partial charge in [0.2, 0.25) is 0 Å². The molecule has 0 heterocycles. The van der Waals surface area contributed by atoms with Gasteiger partial charge in [-0.25, -0.2) is 0 Å². The van der Waals surface area contributed by atoms with Crippen molar-refractivity contribution in [2.75, 3.05) is 33.0 Å². The Morgan fingerprint density at radius 3 is 2.19 bits per heavy atom. The minimum absolute atomic E-state index is 0.156. The first kappa shape index (κ1) is 15.3. The summed E-state index contributed by atoms with van der Waals surface area (Å²) in [4.78, 5) is 10.2. The average Bonchev–Trinajstić information content (AvgIpc) is 2.20. The molecule has 5 nitrogen and oxygen atoms in total. The van der Waals surface area contributed by atoms with Crippen molar-refractivity contribution in [3.63, 3.8) is 0 Å². The molecular formula is C11H22O5. The van der Waals surface area contributed by atoms with Crippen molar-refractivity contribution in [3.8, 4) is 0 Å². The Morgan fingerprint density at radius 1 is 1.06 bits per heavy atom. The summed E-state index contributed by atoms with van der Waals surface area (Å²) in [5.41, 5.74) is 0. The number of hydrogen-bond acceptors (Lipinski definition) is 4. The summed E-state index contributed by atoms with van der Waals surface area (Å²) in [6, 6.07) is 0. The van der Waals surface area contributed by atoms with Gasteiger partial charge in [-0.15, -0.1) is 0 Å². The number of rotatable bonds is 11. The molecule has 0 aliphatic carbocycles. The van der Waals surface area contributed by atoms with Gasteiger partial charge in [0, 0.05) is 13.0 Å². The number of hydrogen-bond donors (Lipinski definition) is 1. The predicted octanol–water partition coefficient (Wildman–Crippen LogP) is 1.31. The van der Waals surface area contributed by atoms with Crippen molar-refractivity contribution < 1.29 is 24.1 Å². The van der Waals surface area contributed by atoms with E-state index in [9.17, 15) is 4.79 Å². The van der Waals surface area contributed by atoms with E-state index >= 15 is 0 Å².